The molecule has 4 heteroatoms. The van der Waals surface area contributed by atoms with Crippen molar-refractivity contribution >= 4 is 23.2 Å². The van der Waals surface area contributed by atoms with Gasteiger partial charge in [-0.3, -0.25) is 4.79 Å². The Morgan fingerprint density at radius 1 is 1.33 bits per heavy atom. The molecule has 0 fully saturated rings. The van der Waals surface area contributed by atoms with E-state index in [1.165, 1.54) is 0 Å². The minimum atomic E-state index is -0.0651. The van der Waals surface area contributed by atoms with Crippen molar-refractivity contribution in [3.8, 4) is 0 Å². The Balaban J connectivity index is 2.01. The number of halogens is 1. The molecule has 92 valence electrons. The molecule has 0 spiro atoms. The molecule has 1 aromatic carbocycles. The lowest BCUT2D eigenvalue weighted by atomic mass is 10.1. The molecule has 1 N–H and O–H groups in total. The molecule has 18 heavy (non-hydrogen) atoms. The summed E-state index contributed by atoms with van der Waals surface area (Å²) in [6.07, 6.45) is 1.90. The van der Waals surface area contributed by atoms with Gasteiger partial charge in [0.1, 0.15) is 5.15 Å². The lowest BCUT2D eigenvalue weighted by Gasteiger charge is -2.06. The SMILES string of the molecule is Cc1cc(NC(=O)Cc2ccccc2)cnc1Cl. The van der Waals surface area contributed by atoms with Gasteiger partial charge in [0.15, 0.2) is 0 Å². The van der Waals surface area contributed by atoms with Crippen LogP contribution in [0.3, 0.4) is 0 Å². The fraction of sp³-hybridized carbons (Fsp3) is 0.143. The maximum atomic E-state index is 11.8. The Bertz CT molecular complexity index is 555. The molecule has 0 radical (unpaired) electrons. The van der Waals surface area contributed by atoms with E-state index in [9.17, 15) is 4.79 Å². The molecule has 2 rings (SSSR count). The number of carbonyl (C=O) groups is 1. The van der Waals surface area contributed by atoms with E-state index in [-0.39, 0.29) is 5.91 Å². The van der Waals surface area contributed by atoms with Crippen molar-refractivity contribution in [3.63, 3.8) is 0 Å². The van der Waals surface area contributed by atoms with E-state index >= 15 is 0 Å². The predicted octanol–water partition coefficient (Wildman–Crippen LogP) is 3.22. The molecular weight excluding hydrogens is 248 g/mol. The molecule has 0 bridgehead atoms. The second-order valence-electron chi connectivity index (χ2n) is 4.04. The summed E-state index contributed by atoms with van der Waals surface area (Å²) in [5.41, 5.74) is 2.49. The summed E-state index contributed by atoms with van der Waals surface area (Å²) < 4.78 is 0. The number of nitrogens with one attached hydrogen (secondary N) is 1. The van der Waals surface area contributed by atoms with Crippen LogP contribution in [0, 0.1) is 6.92 Å². The topological polar surface area (TPSA) is 42.0 Å². The fourth-order valence-electron chi connectivity index (χ4n) is 1.61. The summed E-state index contributed by atoms with van der Waals surface area (Å²) in [6, 6.07) is 11.4. The molecule has 1 aromatic heterocycles. The van der Waals surface area contributed by atoms with Crippen molar-refractivity contribution in [2.45, 2.75) is 13.3 Å². The smallest absolute Gasteiger partial charge is 0.228 e. The number of nitrogens with zero attached hydrogens (tertiary/aromatic N) is 1. The van der Waals surface area contributed by atoms with Crippen LogP contribution >= 0.6 is 11.6 Å². The van der Waals surface area contributed by atoms with Gasteiger partial charge in [0, 0.05) is 0 Å². The van der Waals surface area contributed by atoms with Gasteiger partial charge in [-0.05, 0) is 24.1 Å². The van der Waals surface area contributed by atoms with E-state index in [0.717, 1.165) is 11.1 Å². The lowest BCUT2D eigenvalue weighted by molar-refractivity contribution is -0.115. The number of pyridine rings is 1. The standard InChI is InChI=1S/C14H13ClN2O/c1-10-7-12(9-16-14(10)15)17-13(18)8-11-5-3-2-4-6-11/h2-7,9H,8H2,1H3,(H,17,18). The number of amides is 1. The van der Waals surface area contributed by atoms with Crippen LogP contribution in [0.2, 0.25) is 5.15 Å². The van der Waals surface area contributed by atoms with Crippen molar-refractivity contribution in [1.82, 2.24) is 4.98 Å². The first-order valence-corrected chi connectivity index (χ1v) is 5.99. The molecule has 0 aliphatic rings. The largest absolute Gasteiger partial charge is 0.324 e. The van der Waals surface area contributed by atoms with Gasteiger partial charge in [-0.15, -0.1) is 0 Å². The van der Waals surface area contributed by atoms with Crippen LogP contribution in [0.5, 0.6) is 0 Å². The monoisotopic (exact) mass is 260 g/mol. The van der Waals surface area contributed by atoms with E-state index in [1.807, 2.05) is 37.3 Å². The average Bonchev–Trinajstić information content (AvgIpc) is 2.35. The van der Waals surface area contributed by atoms with Gasteiger partial charge in [-0.2, -0.15) is 0 Å². The van der Waals surface area contributed by atoms with Gasteiger partial charge in [-0.1, -0.05) is 41.9 Å². The zero-order valence-corrected chi connectivity index (χ0v) is 10.7. The summed E-state index contributed by atoms with van der Waals surface area (Å²) in [5, 5.41) is 3.25. The van der Waals surface area contributed by atoms with Crippen LogP contribution < -0.4 is 5.32 Å². The molecule has 0 saturated heterocycles. The number of benzene rings is 1. The number of hydrogen-bond acceptors (Lipinski definition) is 2. The molecule has 0 saturated carbocycles. The Morgan fingerprint density at radius 2 is 2.06 bits per heavy atom. The summed E-state index contributed by atoms with van der Waals surface area (Å²) in [6.45, 7) is 1.85. The Labute approximate surface area is 111 Å². The van der Waals surface area contributed by atoms with Crippen molar-refractivity contribution < 1.29 is 4.79 Å². The molecule has 0 unspecified atom stereocenters. The number of aromatic nitrogens is 1. The third-order valence-electron chi connectivity index (χ3n) is 2.51. The first-order chi connectivity index (χ1) is 8.65. The highest BCUT2D eigenvalue weighted by atomic mass is 35.5. The molecule has 0 aliphatic carbocycles. The first-order valence-electron chi connectivity index (χ1n) is 5.61. The van der Waals surface area contributed by atoms with Gasteiger partial charge in [0.05, 0.1) is 18.3 Å². The van der Waals surface area contributed by atoms with Crippen LogP contribution in [-0.4, -0.2) is 10.9 Å². The summed E-state index contributed by atoms with van der Waals surface area (Å²) in [7, 11) is 0. The van der Waals surface area contributed by atoms with Gasteiger partial charge >= 0.3 is 0 Å². The second-order valence-corrected chi connectivity index (χ2v) is 4.40. The molecule has 0 aliphatic heterocycles. The van der Waals surface area contributed by atoms with Gasteiger partial charge < -0.3 is 5.32 Å². The van der Waals surface area contributed by atoms with Gasteiger partial charge in [0.25, 0.3) is 0 Å². The normalized spacial score (nSPS) is 10.1. The zero-order chi connectivity index (χ0) is 13.0. The predicted molar refractivity (Wildman–Crippen MR) is 72.8 cm³/mol. The summed E-state index contributed by atoms with van der Waals surface area (Å²) in [5.74, 6) is -0.0651. The van der Waals surface area contributed by atoms with E-state index in [2.05, 4.69) is 10.3 Å². The summed E-state index contributed by atoms with van der Waals surface area (Å²) >= 11 is 5.82. The number of anilines is 1. The molecular formula is C14H13ClN2O. The van der Waals surface area contributed by atoms with Crippen LogP contribution in [0.25, 0.3) is 0 Å². The highest BCUT2D eigenvalue weighted by Crippen LogP contribution is 2.16. The molecule has 2 aromatic rings. The van der Waals surface area contributed by atoms with Crippen LogP contribution in [0.1, 0.15) is 11.1 Å². The minimum absolute atomic E-state index is 0.0651. The number of aryl methyl sites for hydroxylation is 1. The van der Waals surface area contributed by atoms with Gasteiger partial charge in [-0.25, -0.2) is 4.98 Å². The number of rotatable bonds is 3. The Morgan fingerprint density at radius 3 is 2.72 bits per heavy atom. The maximum Gasteiger partial charge on any atom is 0.228 e. The maximum absolute atomic E-state index is 11.8. The van der Waals surface area contributed by atoms with E-state index in [1.54, 1.807) is 12.3 Å². The first kappa shape index (κ1) is 12.6. The third-order valence-corrected chi connectivity index (χ3v) is 2.90. The number of hydrogen-bond donors (Lipinski definition) is 1. The molecule has 3 nitrogen and oxygen atoms in total. The zero-order valence-electron chi connectivity index (χ0n) is 9.98. The van der Waals surface area contributed by atoms with Crippen molar-refractivity contribution in [2.24, 2.45) is 0 Å². The second kappa shape index (κ2) is 5.65. The fourth-order valence-corrected chi connectivity index (χ4v) is 1.72. The van der Waals surface area contributed by atoms with Crippen molar-refractivity contribution in [3.05, 3.63) is 58.9 Å². The molecule has 0 atom stereocenters. The van der Waals surface area contributed by atoms with Crippen LogP contribution in [0.4, 0.5) is 5.69 Å². The minimum Gasteiger partial charge on any atom is -0.324 e. The van der Waals surface area contributed by atoms with E-state index in [0.29, 0.717) is 17.3 Å². The van der Waals surface area contributed by atoms with Gasteiger partial charge in [0.2, 0.25) is 5.91 Å². The Hall–Kier alpha value is -1.87. The highest BCUT2D eigenvalue weighted by Gasteiger charge is 2.05. The van der Waals surface area contributed by atoms with E-state index in [4.69, 9.17) is 11.6 Å². The van der Waals surface area contributed by atoms with E-state index < -0.39 is 0 Å². The van der Waals surface area contributed by atoms with Crippen molar-refractivity contribution in [1.29, 1.82) is 0 Å². The van der Waals surface area contributed by atoms with Crippen LogP contribution in [-0.2, 0) is 11.2 Å². The van der Waals surface area contributed by atoms with Crippen molar-refractivity contribution in [2.75, 3.05) is 5.32 Å². The quantitative estimate of drug-likeness (QED) is 0.861. The molecule has 1 heterocycles. The highest BCUT2D eigenvalue weighted by molar-refractivity contribution is 6.30. The Kier molecular flexibility index (Phi) is 3.95. The average molecular weight is 261 g/mol. The lowest BCUT2D eigenvalue weighted by Crippen LogP contribution is -2.14. The number of carbonyl (C=O) groups excluding carboxylic acids is 1. The van der Waals surface area contributed by atoms with Crippen LogP contribution in [0.15, 0.2) is 42.6 Å². The molecule has 1 amide bonds. The summed E-state index contributed by atoms with van der Waals surface area (Å²) in [4.78, 5) is 15.8. The third kappa shape index (κ3) is 3.31.